The van der Waals surface area contributed by atoms with Crippen molar-refractivity contribution in [2.45, 2.75) is 45.4 Å². The number of rotatable bonds is 10. The summed E-state index contributed by atoms with van der Waals surface area (Å²) >= 11 is 17.8. The van der Waals surface area contributed by atoms with Crippen molar-refractivity contribution in [3.63, 3.8) is 0 Å². The molecule has 0 amide bonds. The Morgan fingerprint density at radius 3 is 2.00 bits per heavy atom. The van der Waals surface area contributed by atoms with Crippen LogP contribution in [0.25, 0.3) is 0 Å². The minimum Gasteiger partial charge on any atom is -0.462 e. The molecule has 0 aliphatic heterocycles. The standard InChI is InChI=1S/C22H23Cl3O4/c1-2-3-4-5-6-9-12-28-21(26)16-10-7-8-11-17(16)22(27)29-15-13-18(23)20(25)19(24)14-15/h7-8,10-11,13-14H,2-6,9,12H2,1H3. The lowest BCUT2D eigenvalue weighted by atomic mass is 10.1. The Labute approximate surface area is 186 Å². The number of esters is 2. The molecule has 2 aromatic carbocycles. The Kier molecular flexibility index (Phi) is 9.79. The molecule has 0 fully saturated rings. The summed E-state index contributed by atoms with van der Waals surface area (Å²) in [7, 11) is 0. The van der Waals surface area contributed by atoms with Gasteiger partial charge in [0.1, 0.15) is 5.75 Å². The lowest BCUT2D eigenvalue weighted by Crippen LogP contribution is -2.16. The molecule has 0 saturated heterocycles. The highest BCUT2D eigenvalue weighted by Gasteiger charge is 2.20. The second kappa shape index (κ2) is 12.1. The summed E-state index contributed by atoms with van der Waals surface area (Å²) < 4.78 is 10.6. The van der Waals surface area contributed by atoms with E-state index in [1.807, 2.05) is 0 Å². The van der Waals surface area contributed by atoms with E-state index in [9.17, 15) is 9.59 Å². The van der Waals surface area contributed by atoms with Gasteiger partial charge in [0.15, 0.2) is 0 Å². The first kappa shape index (κ1) is 23.5. The largest absolute Gasteiger partial charge is 0.462 e. The van der Waals surface area contributed by atoms with Gasteiger partial charge in [-0.15, -0.1) is 0 Å². The number of halogens is 3. The molecule has 0 aliphatic rings. The molecule has 0 radical (unpaired) electrons. The molecular formula is C22H23Cl3O4. The molecule has 0 spiro atoms. The third-order valence-corrected chi connectivity index (χ3v) is 5.46. The van der Waals surface area contributed by atoms with Crippen molar-refractivity contribution in [2.24, 2.45) is 0 Å². The van der Waals surface area contributed by atoms with E-state index in [1.165, 1.54) is 43.5 Å². The van der Waals surface area contributed by atoms with Crippen LogP contribution in [-0.2, 0) is 4.74 Å². The van der Waals surface area contributed by atoms with E-state index in [0.29, 0.717) is 6.61 Å². The fraction of sp³-hybridized carbons (Fsp3) is 0.364. The molecule has 2 aromatic rings. The zero-order chi connectivity index (χ0) is 21.2. The topological polar surface area (TPSA) is 52.6 Å². The quantitative estimate of drug-likeness (QED) is 0.162. The lowest BCUT2D eigenvalue weighted by molar-refractivity contribution is 0.0489. The molecule has 0 aromatic heterocycles. The highest BCUT2D eigenvalue weighted by molar-refractivity contribution is 6.48. The van der Waals surface area contributed by atoms with Crippen LogP contribution in [0.5, 0.6) is 5.75 Å². The van der Waals surface area contributed by atoms with E-state index in [2.05, 4.69) is 6.92 Å². The van der Waals surface area contributed by atoms with Crippen molar-refractivity contribution in [2.75, 3.05) is 6.61 Å². The predicted molar refractivity (Wildman–Crippen MR) is 117 cm³/mol. The van der Waals surface area contributed by atoms with Crippen LogP contribution in [0.1, 0.15) is 66.2 Å². The fourth-order valence-electron chi connectivity index (χ4n) is 2.72. The maximum Gasteiger partial charge on any atom is 0.344 e. The van der Waals surface area contributed by atoms with Gasteiger partial charge in [0.2, 0.25) is 0 Å². The van der Waals surface area contributed by atoms with Crippen molar-refractivity contribution < 1.29 is 19.1 Å². The summed E-state index contributed by atoms with van der Waals surface area (Å²) in [4.78, 5) is 25.0. The fourth-order valence-corrected chi connectivity index (χ4v) is 3.29. The van der Waals surface area contributed by atoms with E-state index in [4.69, 9.17) is 44.3 Å². The summed E-state index contributed by atoms with van der Waals surface area (Å²) in [5.41, 5.74) is 0.247. The molecule has 0 unspecified atom stereocenters. The van der Waals surface area contributed by atoms with Gasteiger partial charge < -0.3 is 9.47 Å². The van der Waals surface area contributed by atoms with Crippen molar-refractivity contribution in [3.05, 3.63) is 62.6 Å². The zero-order valence-electron chi connectivity index (χ0n) is 16.2. The number of unbranched alkanes of at least 4 members (excludes halogenated alkanes) is 5. The monoisotopic (exact) mass is 456 g/mol. The molecule has 0 heterocycles. The molecular weight excluding hydrogens is 435 g/mol. The van der Waals surface area contributed by atoms with E-state index in [0.717, 1.165) is 19.3 Å². The number of hydrogen-bond acceptors (Lipinski definition) is 4. The zero-order valence-corrected chi connectivity index (χ0v) is 18.4. The SMILES string of the molecule is CCCCCCCCOC(=O)c1ccccc1C(=O)Oc1cc(Cl)c(Cl)c(Cl)c1. The average Bonchev–Trinajstić information content (AvgIpc) is 2.71. The van der Waals surface area contributed by atoms with Crippen LogP contribution in [0.15, 0.2) is 36.4 Å². The van der Waals surface area contributed by atoms with Crippen molar-refractivity contribution >= 4 is 46.7 Å². The second-order valence-electron chi connectivity index (χ2n) is 6.54. The van der Waals surface area contributed by atoms with Gasteiger partial charge in [-0.2, -0.15) is 0 Å². The number of hydrogen-bond donors (Lipinski definition) is 0. The molecule has 0 N–H and O–H groups in total. The van der Waals surface area contributed by atoms with Crippen LogP contribution < -0.4 is 4.74 Å². The van der Waals surface area contributed by atoms with Crippen molar-refractivity contribution in [1.82, 2.24) is 0 Å². The van der Waals surface area contributed by atoms with Crippen LogP contribution >= 0.6 is 34.8 Å². The second-order valence-corrected chi connectivity index (χ2v) is 7.73. The van der Waals surface area contributed by atoms with Crippen LogP contribution in [0, 0.1) is 0 Å². The van der Waals surface area contributed by atoms with Gasteiger partial charge in [-0.1, -0.05) is 86.0 Å². The highest BCUT2D eigenvalue weighted by atomic mass is 35.5. The van der Waals surface area contributed by atoms with Crippen molar-refractivity contribution in [3.8, 4) is 5.75 Å². The first-order chi connectivity index (χ1) is 13.9. The van der Waals surface area contributed by atoms with Crippen LogP contribution in [0.2, 0.25) is 15.1 Å². The van der Waals surface area contributed by atoms with Crippen LogP contribution in [0.4, 0.5) is 0 Å². The Morgan fingerprint density at radius 1 is 0.828 bits per heavy atom. The number of carbonyl (C=O) groups is 2. The van der Waals surface area contributed by atoms with Gasteiger partial charge in [0.05, 0.1) is 32.8 Å². The van der Waals surface area contributed by atoms with E-state index >= 15 is 0 Å². The highest BCUT2D eigenvalue weighted by Crippen LogP contribution is 2.34. The Bertz CT molecular complexity index is 829. The average molecular weight is 458 g/mol. The van der Waals surface area contributed by atoms with Crippen molar-refractivity contribution in [1.29, 1.82) is 0 Å². The Balaban J connectivity index is 1.98. The number of ether oxygens (including phenoxy) is 2. The number of benzene rings is 2. The molecule has 0 atom stereocenters. The third kappa shape index (κ3) is 7.22. The minimum absolute atomic E-state index is 0.0997. The predicted octanol–water partition coefficient (Wildman–Crippen LogP) is 7.38. The summed E-state index contributed by atoms with van der Waals surface area (Å²) in [6.07, 6.45) is 6.53. The maximum atomic E-state index is 12.6. The van der Waals surface area contributed by atoms with E-state index < -0.39 is 11.9 Å². The van der Waals surface area contributed by atoms with Crippen LogP contribution in [0.3, 0.4) is 0 Å². The molecule has 7 heteroatoms. The summed E-state index contributed by atoms with van der Waals surface area (Å²) in [5, 5.41) is 0.494. The van der Waals surface area contributed by atoms with Gasteiger partial charge in [0.25, 0.3) is 0 Å². The molecule has 0 bridgehead atoms. The molecule has 0 saturated carbocycles. The Morgan fingerprint density at radius 2 is 1.38 bits per heavy atom. The molecule has 2 rings (SSSR count). The maximum absolute atomic E-state index is 12.6. The van der Waals surface area contributed by atoms with Gasteiger partial charge in [-0.05, 0) is 18.6 Å². The first-order valence-corrected chi connectivity index (χ1v) is 10.7. The molecule has 0 aliphatic carbocycles. The first-order valence-electron chi connectivity index (χ1n) is 9.57. The summed E-state index contributed by atoms with van der Waals surface area (Å²) in [6, 6.07) is 9.10. The molecule has 29 heavy (non-hydrogen) atoms. The van der Waals surface area contributed by atoms with Gasteiger partial charge >= 0.3 is 11.9 Å². The summed E-state index contributed by atoms with van der Waals surface area (Å²) in [6.45, 7) is 2.48. The van der Waals surface area contributed by atoms with Gasteiger partial charge in [0, 0.05) is 12.1 Å². The van der Waals surface area contributed by atoms with Gasteiger partial charge in [-0.25, -0.2) is 9.59 Å². The van der Waals surface area contributed by atoms with E-state index in [-0.39, 0.29) is 31.9 Å². The van der Waals surface area contributed by atoms with Crippen LogP contribution in [-0.4, -0.2) is 18.5 Å². The number of carbonyl (C=O) groups excluding carboxylic acids is 2. The lowest BCUT2D eigenvalue weighted by Gasteiger charge is -2.10. The Hall–Kier alpha value is -1.75. The summed E-state index contributed by atoms with van der Waals surface area (Å²) in [5.74, 6) is -1.14. The van der Waals surface area contributed by atoms with E-state index in [1.54, 1.807) is 12.1 Å². The third-order valence-electron chi connectivity index (χ3n) is 4.27. The molecule has 156 valence electrons. The van der Waals surface area contributed by atoms with Gasteiger partial charge in [-0.3, -0.25) is 0 Å². The smallest absolute Gasteiger partial charge is 0.344 e. The minimum atomic E-state index is -0.716. The molecule has 4 nitrogen and oxygen atoms in total. The normalized spacial score (nSPS) is 10.6.